The van der Waals surface area contributed by atoms with Crippen LogP contribution in [-0.2, 0) is 16.1 Å². The van der Waals surface area contributed by atoms with Crippen molar-refractivity contribution in [3.05, 3.63) is 53.7 Å². The van der Waals surface area contributed by atoms with Crippen molar-refractivity contribution in [3.63, 3.8) is 0 Å². The quantitative estimate of drug-likeness (QED) is 0.485. The molecule has 5 rings (SSSR count). The summed E-state index contributed by atoms with van der Waals surface area (Å²) < 4.78 is 20.2. The lowest BCUT2D eigenvalue weighted by atomic mass is 9.92. The molecule has 0 bridgehead atoms. The van der Waals surface area contributed by atoms with Crippen molar-refractivity contribution in [3.8, 4) is 11.4 Å². The molecule has 2 amide bonds. The minimum Gasteiger partial charge on any atom is -0.464 e. The first-order valence-corrected chi connectivity index (χ1v) is 13.2. The number of amides is 2. The van der Waals surface area contributed by atoms with Crippen molar-refractivity contribution in [2.45, 2.75) is 89.4 Å². The van der Waals surface area contributed by atoms with Gasteiger partial charge in [0.25, 0.3) is 5.91 Å². The minimum atomic E-state index is -0.889. The number of carbonyl (C=O) groups excluding carboxylic acids is 2. The average Bonchev–Trinajstić information content (AvgIpc) is 3.66. The van der Waals surface area contributed by atoms with Gasteiger partial charge in [-0.3, -0.25) is 9.59 Å². The third-order valence-electron chi connectivity index (χ3n) is 7.36. The Morgan fingerprint density at radius 3 is 2.51 bits per heavy atom. The summed E-state index contributed by atoms with van der Waals surface area (Å²) in [5.74, 6) is 0.243. The Morgan fingerprint density at radius 1 is 1.08 bits per heavy atom. The number of rotatable bonds is 8. The van der Waals surface area contributed by atoms with E-state index in [1.54, 1.807) is 29.2 Å². The van der Waals surface area contributed by atoms with Crippen LogP contribution in [0.1, 0.15) is 75.3 Å². The maximum absolute atomic E-state index is 14.2. The number of tetrazole rings is 1. The van der Waals surface area contributed by atoms with Crippen LogP contribution in [0.25, 0.3) is 11.4 Å². The Kier molecular flexibility index (Phi) is 7.62. The van der Waals surface area contributed by atoms with Crippen molar-refractivity contribution in [2.24, 2.45) is 0 Å². The lowest BCUT2D eigenvalue weighted by Crippen LogP contribution is -2.51. The number of furan rings is 1. The zero-order valence-electron chi connectivity index (χ0n) is 21.1. The molecule has 0 radical (unpaired) electrons. The van der Waals surface area contributed by atoms with Crippen molar-refractivity contribution in [2.75, 3.05) is 0 Å². The van der Waals surface area contributed by atoms with Crippen molar-refractivity contribution in [1.82, 2.24) is 30.4 Å². The van der Waals surface area contributed by atoms with Gasteiger partial charge in [0.2, 0.25) is 11.7 Å². The summed E-state index contributed by atoms with van der Waals surface area (Å²) >= 11 is 0. The second kappa shape index (κ2) is 11.2. The van der Waals surface area contributed by atoms with Crippen LogP contribution in [0.15, 0.2) is 40.8 Å². The third kappa shape index (κ3) is 5.73. The fourth-order valence-electron chi connectivity index (χ4n) is 5.52. The van der Waals surface area contributed by atoms with Crippen LogP contribution >= 0.6 is 0 Å². The van der Waals surface area contributed by atoms with Gasteiger partial charge in [0, 0.05) is 12.1 Å². The number of hydrogen-bond acceptors (Lipinski definition) is 6. The molecule has 2 aliphatic carbocycles. The van der Waals surface area contributed by atoms with Crippen LogP contribution in [0.3, 0.4) is 0 Å². The predicted octanol–water partition coefficient (Wildman–Crippen LogP) is 4.34. The van der Waals surface area contributed by atoms with Gasteiger partial charge in [-0.2, -0.15) is 4.80 Å². The number of nitrogens with zero attached hydrogens (tertiary/aromatic N) is 5. The van der Waals surface area contributed by atoms with Gasteiger partial charge in [0.05, 0.1) is 5.56 Å². The average molecular weight is 509 g/mol. The number of aryl methyl sites for hydroxylation is 1. The molecule has 0 saturated heterocycles. The summed E-state index contributed by atoms with van der Waals surface area (Å²) in [5.41, 5.74) is 0.213. The van der Waals surface area contributed by atoms with Crippen molar-refractivity contribution < 1.29 is 18.4 Å². The second-order valence-corrected chi connectivity index (χ2v) is 10.1. The molecule has 2 fully saturated rings. The Morgan fingerprint density at radius 2 is 1.81 bits per heavy atom. The van der Waals surface area contributed by atoms with Crippen LogP contribution < -0.4 is 5.32 Å². The first-order valence-electron chi connectivity index (χ1n) is 13.2. The van der Waals surface area contributed by atoms with Gasteiger partial charge >= 0.3 is 0 Å². The largest absolute Gasteiger partial charge is 0.464 e. The Bertz CT molecular complexity index is 1230. The van der Waals surface area contributed by atoms with E-state index in [2.05, 4.69) is 20.7 Å². The van der Waals surface area contributed by atoms with Gasteiger partial charge in [-0.15, -0.1) is 10.2 Å². The van der Waals surface area contributed by atoms with E-state index in [0.717, 1.165) is 57.8 Å². The molecule has 0 spiro atoms. The van der Waals surface area contributed by atoms with Gasteiger partial charge in [-0.25, -0.2) is 4.39 Å². The number of carbonyl (C=O) groups is 2. The number of benzene rings is 1. The van der Waals surface area contributed by atoms with E-state index in [1.165, 1.54) is 10.9 Å². The van der Waals surface area contributed by atoms with E-state index in [0.29, 0.717) is 11.5 Å². The molecule has 37 heavy (non-hydrogen) atoms. The lowest BCUT2D eigenvalue weighted by molar-refractivity contribution is -0.146. The van der Waals surface area contributed by atoms with Crippen molar-refractivity contribution >= 4 is 11.8 Å². The maximum Gasteiger partial charge on any atom is 0.250 e. The highest BCUT2D eigenvalue weighted by Gasteiger charge is 2.39. The highest BCUT2D eigenvalue weighted by molar-refractivity contribution is 5.88. The number of nitrogens with one attached hydrogen (secondary N) is 1. The topological polar surface area (TPSA) is 106 Å². The van der Waals surface area contributed by atoms with Gasteiger partial charge in [0.1, 0.15) is 23.9 Å². The summed E-state index contributed by atoms with van der Waals surface area (Å²) in [5, 5.41) is 15.4. The monoisotopic (exact) mass is 508 g/mol. The third-order valence-corrected chi connectivity index (χ3v) is 7.36. The molecule has 3 aromatic rings. The molecule has 2 heterocycles. The molecule has 0 unspecified atom stereocenters. The summed E-state index contributed by atoms with van der Waals surface area (Å²) in [6, 6.07) is 8.86. The molecule has 1 atom stereocenters. The van der Waals surface area contributed by atoms with E-state index in [9.17, 15) is 14.0 Å². The molecule has 196 valence electrons. The standard InChI is InChI=1S/C27H33FN6O3/c1-18-15-16-23(37-18)25(27(36)29-19-9-5-6-10-19)34(20-11-3-2-4-12-20)24(35)17-33-31-26(30-32-33)21-13-7-8-14-22(21)28/h7-8,13-16,19-20,25H,2-6,9-12,17H2,1H3,(H,29,36)/t25-/m0/s1. The van der Waals surface area contributed by atoms with Crippen LogP contribution in [0.2, 0.25) is 0 Å². The highest BCUT2D eigenvalue weighted by Crippen LogP contribution is 2.33. The predicted molar refractivity (Wildman–Crippen MR) is 134 cm³/mol. The zero-order valence-corrected chi connectivity index (χ0v) is 21.1. The zero-order chi connectivity index (χ0) is 25.8. The van der Waals surface area contributed by atoms with E-state index in [-0.39, 0.29) is 41.8 Å². The highest BCUT2D eigenvalue weighted by atomic mass is 19.1. The minimum absolute atomic E-state index is 0.104. The summed E-state index contributed by atoms with van der Waals surface area (Å²) in [6.07, 6.45) is 8.75. The summed E-state index contributed by atoms with van der Waals surface area (Å²) in [6.45, 7) is 1.61. The first kappa shape index (κ1) is 25.1. The molecular formula is C27H33FN6O3. The van der Waals surface area contributed by atoms with Crippen LogP contribution in [0, 0.1) is 12.7 Å². The molecule has 10 heteroatoms. The van der Waals surface area contributed by atoms with Crippen LogP contribution in [-0.4, -0.2) is 49.0 Å². The Hall–Kier alpha value is -3.56. The van der Waals surface area contributed by atoms with Gasteiger partial charge in [0.15, 0.2) is 6.04 Å². The van der Waals surface area contributed by atoms with Gasteiger partial charge in [-0.05, 0) is 62.1 Å². The Balaban J connectivity index is 1.44. The molecule has 9 nitrogen and oxygen atoms in total. The molecule has 2 saturated carbocycles. The van der Waals surface area contributed by atoms with E-state index < -0.39 is 11.9 Å². The number of hydrogen-bond donors (Lipinski definition) is 1. The fraction of sp³-hybridized carbons (Fsp3) is 0.519. The molecule has 1 aromatic carbocycles. The SMILES string of the molecule is Cc1ccc([C@@H](C(=O)NC2CCCC2)N(C(=O)Cn2nnc(-c3ccccc3F)n2)C2CCCCC2)o1. The van der Waals surface area contributed by atoms with Crippen LogP contribution in [0.4, 0.5) is 4.39 Å². The molecule has 2 aromatic heterocycles. The smallest absolute Gasteiger partial charge is 0.250 e. The van der Waals surface area contributed by atoms with Crippen LogP contribution in [0.5, 0.6) is 0 Å². The second-order valence-electron chi connectivity index (χ2n) is 10.1. The normalized spacial score (nSPS) is 17.6. The fourth-order valence-corrected chi connectivity index (χ4v) is 5.52. The first-order chi connectivity index (χ1) is 18.0. The number of aromatic nitrogens is 4. The molecule has 0 aliphatic heterocycles. The summed E-state index contributed by atoms with van der Waals surface area (Å²) in [4.78, 5) is 30.4. The molecule has 1 N–H and O–H groups in total. The van der Waals surface area contributed by atoms with Crippen molar-refractivity contribution in [1.29, 1.82) is 0 Å². The van der Waals surface area contributed by atoms with Gasteiger partial charge in [-0.1, -0.05) is 44.2 Å². The van der Waals surface area contributed by atoms with E-state index in [1.807, 2.05) is 13.0 Å². The van der Waals surface area contributed by atoms with E-state index in [4.69, 9.17) is 4.42 Å². The molecule has 2 aliphatic rings. The summed E-state index contributed by atoms with van der Waals surface area (Å²) in [7, 11) is 0. The maximum atomic E-state index is 14.2. The van der Waals surface area contributed by atoms with E-state index >= 15 is 0 Å². The molecular weight excluding hydrogens is 475 g/mol. The number of halogens is 1. The van der Waals surface area contributed by atoms with Gasteiger partial charge < -0.3 is 14.6 Å². The Labute approximate surface area is 215 Å². The lowest BCUT2D eigenvalue weighted by Gasteiger charge is -2.38.